The number of anilines is 1. The molecule has 0 heterocycles. The third kappa shape index (κ3) is 4.30. The number of halogens is 1. The molecule has 0 unspecified atom stereocenters. The van der Waals surface area contributed by atoms with E-state index in [1.807, 2.05) is 13.0 Å². The maximum atomic E-state index is 13.3. The highest BCUT2D eigenvalue weighted by Gasteiger charge is 2.11. The second-order valence-corrected chi connectivity index (χ2v) is 4.47. The number of benzene rings is 1. The average Bonchev–Trinajstić information content (AvgIpc) is 2.07. The number of hydrogen-bond acceptors (Lipinski definition) is 2. The zero-order chi connectivity index (χ0) is 11.5. The van der Waals surface area contributed by atoms with Gasteiger partial charge in [-0.3, -0.25) is 0 Å². The minimum atomic E-state index is -0.714. The molecule has 2 N–H and O–H groups in total. The van der Waals surface area contributed by atoms with Crippen LogP contribution in [-0.4, -0.2) is 17.3 Å². The van der Waals surface area contributed by atoms with Gasteiger partial charge < -0.3 is 10.4 Å². The Bertz CT molecular complexity index is 331. The molecule has 2 nitrogen and oxygen atoms in total. The molecule has 15 heavy (non-hydrogen) atoms. The Morgan fingerprint density at radius 3 is 2.60 bits per heavy atom. The maximum Gasteiger partial charge on any atom is 0.146 e. The Morgan fingerprint density at radius 1 is 1.40 bits per heavy atom. The number of hydrogen-bond donors (Lipinski definition) is 2. The lowest BCUT2D eigenvalue weighted by Crippen LogP contribution is -2.22. The average molecular weight is 211 g/mol. The van der Waals surface area contributed by atoms with Crippen LogP contribution in [0.2, 0.25) is 0 Å². The lowest BCUT2D eigenvalue weighted by Gasteiger charge is -2.17. The molecular formula is C12H18FNO. The fraction of sp³-hybridized carbons (Fsp3) is 0.500. The second kappa shape index (κ2) is 4.62. The van der Waals surface area contributed by atoms with Crippen LogP contribution in [0, 0.1) is 12.7 Å². The van der Waals surface area contributed by atoms with Crippen molar-refractivity contribution in [1.29, 1.82) is 0 Å². The van der Waals surface area contributed by atoms with Crippen LogP contribution in [-0.2, 0) is 0 Å². The summed E-state index contributed by atoms with van der Waals surface area (Å²) in [6.45, 7) is 5.88. The molecule has 0 saturated heterocycles. The molecule has 0 spiro atoms. The van der Waals surface area contributed by atoms with Gasteiger partial charge in [0.1, 0.15) is 5.82 Å². The molecule has 0 radical (unpaired) electrons. The van der Waals surface area contributed by atoms with E-state index in [9.17, 15) is 9.50 Å². The van der Waals surface area contributed by atoms with Gasteiger partial charge in [-0.2, -0.15) is 0 Å². The molecule has 0 aliphatic heterocycles. The van der Waals surface area contributed by atoms with Crippen LogP contribution in [0.25, 0.3) is 0 Å². The van der Waals surface area contributed by atoms with Gasteiger partial charge in [0.15, 0.2) is 0 Å². The molecule has 84 valence electrons. The quantitative estimate of drug-likeness (QED) is 0.802. The smallest absolute Gasteiger partial charge is 0.146 e. The largest absolute Gasteiger partial charge is 0.390 e. The Morgan fingerprint density at radius 2 is 2.07 bits per heavy atom. The molecule has 1 aromatic rings. The van der Waals surface area contributed by atoms with Crippen LogP contribution < -0.4 is 5.32 Å². The van der Waals surface area contributed by atoms with Crippen LogP contribution in [0.1, 0.15) is 25.8 Å². The maximum absolute atomic E-state index is 13.3. The van der Waals surface area contributed by atoms with E-state index >= 15 is 0 Å². The summed E-state index contributed by atoms with van der Waals surface area (Å²) in [6.07, 6.45) is 0.584. The topological polar surface area (TPSA) is 32.3 Å². The van der Waals surface area contributed by atoms with E-state index in [1.54, 1.807) is 19.9 Å². The fourth-order valence-electron chi connectivity index (χ4n) is 1.27. The van der Waals surface area contributed by atoms with Crippen molar-refractivity contribution in [2.24, 2.45) is 0 Å². The van der Waals surface area contributed by atoms with Crippen LogP contribution in [0.4, 0.5) is 10.1 Å². The molecule has 0 bridgehead atoms. The van der Waals surface area contributed by atoms with E-state index < -0.39 is 5.60 Å². The molecule has 0 aromatic heterocycles. The van der Waals surface area contributed by atoms with Gasteiger partial charge in [-0.1, -0.05) is 6.07 Å². The summed E-state index contributed by atoms with van der Waals surface area (Å²) < 4.78 is 13.3. The summed E-state index contributed by atoms with van der Waals surface area (Å²) >= 11 is 0. The first kappa shape index (κ1) is 12.0. The minimum absolute atomic E-state index is 0.245. The summed E-state index contributed by atoms with van der Waals surface area (Å²) in [5.74, 6) is -0.245. The normalized spacial score (nSPS) is 11.5. The van der Waals surface area contributed by atoms with Crippen LogP contribution in [0.5, 0.6) is 0 Å². The Kier molecular flexibility index (Phi) is 3.69. The van der Waals surface area contributed by atoms with Crippen molar-refractivity contribution in [3.8, 4) is 0 Å². The van der Waals surface area contributed by atoms with Crippen molar-refractivity contribution in [1.82, 2.24) is 0 Å². The van der Waals surface area contributed by atoms with Crippen LogP contribution in [0.3, 0.4) is 0 Å². The molecule has 0 amide bonds. The van der Waals surface area contributed by atoms with Gasteiger partial charge in [-0.05, 0) is 44.9 Å². The van der Waals surface area contributed by atoms with E-state index in [2.05, 4.69) is 5.32 Å². The third-order valence-corrected chi connectivity index (χ3v) is 2.18. The molecule has 0 saturated carbocycles. The molecule has 0 aliphatic carbocycles. The molecule has 1 aromatic carbocycles. The van der Waals surface area contributed by atoms with E-state index in [0.29, 0.717) is 18.7 Å². The lowest BCUT2D eigenvalue weighted by molar-refractivity contribution is 0.0748. The van der Waals surface area contributed by atoms with E-state index in [1.165, 1.54) is 6.07 Å². The first-order valence-electron chi connectivity index (χ1n) is 5.11. The molecule has 1 rings (SSSR count). The number of aliphatic hydroxyl groups is 1. The first-order chi connectivity index (χ1) is 6.88. The monoisotopic (exact) mass is 211 g/mol. The Hall–Kier alpha value is -1.09. The third-order valence-electron chi connectivity index (χ3n) is 2.18. The highest BCUT2D eigenvalue weighted by atomic mass is 19.1. The summed E-state index contributed by atoms with van der Waals surface area (Å²) in [6, 6.07) is 5.07. The Labute approximate surface area is 90.1 Å². The SMILES string of the molecule is Cc1ccc(NCCC(C)(C)O)c(F)c1. The van der Waals surface area contributed by atoms with Crippen LogP contribution in [0.15, 0.2) is 18.2 Å². The van der Waals surface area contributed by atoms with E-state index in [0.717, 1.165) is 5.56 Å². The van der Waals surface area contributed by atoms with Crippen molar-refractivity contribution in [3.63, 3.8) is 0 Å². The van der Waals surface area contributed by atoms with Crippen molar-refractivity contribution >= 4 is 5.69 Å². The first-order valence-corrected chi connectivity index (χ1v) is 5.11. The summed E-state index contributed by atoms with van der Waals surface area (Å²) in [4.78, 5) is 0. The van der Waals surface area contributed by atoms with Crippen LogP contribution >= 0.6 is 0 Å². The molecule has 0 atom stereocenters. The summed E-state index contributed by atoms with van der Waals surface area (Å²) in [5, 5.41) is 12.4. The van der Waals surface area contributed by atoms with Crippen molar-refractivity contribution < 1.29 is 9.50 Å². The van der Waals surface area contributed by atoms with Crippen molar-refractivity contribution in [3.05, 3.63) is 29.6 Å². The molecule has 3 heteroatoms. The van der Waals surface area contributed by atoms with Gasteiger partial charge in [0.25, 0.3) is 0 Å². The predicted octanol–water partition coefficient (Wildman–Crippen LogP) is 2.71. The number of nitrogens with one attached hydrogen (secondary N) is 1. The molecular weight excluding hydrogens is 193 g/mol. The van der Waals surface area contributed by atoms with Crippen molar-refractivity contribution in [2.75, 3.05) is 11.9 Å². The predicted molar refractivity (Wildman–Crippen MR) is 60.5 cm³/mol. The highest BCUT2D eigenvalue weighted by molar-refractivity contribution is 5.46. The van der Waals surface area contributed by atoms with Crippen molar-refractivity contribution in [2.45, 2.75) is 32.8 Å². The zero-order valence-corrected chi connectivity index (χ0v) is 9.47. The minimum Gasteiger partial charge on any atom is -0.390 e. The standard InChI is InChI=1S/C12H18FNO/c1-9-4-5-11(10(13)8-9)14-7-6-12(2,3)15/h4-5,8,14-15H,6-7H2,1-3H3. The molecule has 0 fully saturated rings. The summed E-state index contributed by atoms with van der Waals surface area (Å²) in [5.41, 5.74) is 0.680. The Balaban J connectivity index is 2.51. The van der Waals surface area contributed by atoms with E-state index in [-0.39, 0.29) is 5.82 Å². The van der Waals surface area contributed by atoms with Gasteiger partial charge in [0, 0.05) is 6.54 Å². The molecule has 0 aliphatic rings. The zero-order valence-electron chi connectivity index (χ0n) is 9.47. The van der Waals surface area contributed by atoms with E-state index in [4.69, 9.17) is 0 Å². The van der Waals surface area contributed by atoms with Gasteiger partial charge in [0.2, 0.25) is 0 Å². The van der Waals surface area contributed by atoms with Gasteiger partial charge >= 0.3 is 0 Å². The fourth-order valence-corrected chi connectivity index (χ4v) is 1.27. The lowest BCUT2D eigenvalue weighted by atomic mass is 10.1. The summed E-state index contributed by atoms with van der Waals surface area (Å²) in [7, 11) is 0. The van der Waals surface area contributed by atoms with Gasteiger partial charge in [0.05, 0.1) is 11.3 Å². The second-order valence-electron chi connectivity index (χ2n) is 4.47. The van der Waals surface area contributed by atoms with Gasteiger partial charge in [-0.15, -0.1) is 0 Å². The number of aryl methyl sites for hydroxylation is 1. The number of rotatable bonds is 4. The van der Waals surface area contributed by atoms with Gasteiger partial charge in [-0.25, -0.2) is 4.39 Å². The highest BCUT2D eigenvalue weighted by Crippen LogP contribution is 2.16.